The second-order valence-corrected chi connectivity index (χ2v) is 13.5. The summed E-state index contributed by atoms with van der Waals surface area (Å²) in [5.74, 6) is 0.796. The third-order valence-electron chi connectivity index (χ3n) is 8.05. The van der Waals surface area contributed by atoms with E-state index in [0.717, 1.165) is 59.2 Å². The molecule has 1 aromatic heterocycles. The number of esters is 1. The number of ether oxygens (including phenoxy) is 1. The Hall–Kier alpha value is -3.12. The predicted octanol–water partition coefficient (Wildman–Crippen LogP) is 9.04. The van der Waals surface area contributed by atoms with Crippen LogP contribution in [0.1, 0.15) is 72.7 Å². The minimum absolute atomic E-state index is 0.0448. The fourth-order valence-corrected chi connectivity index (χ4v) is 7.15. The standard InChI is InChI=1S/C36H38ClNO3S/c1-35(2,40)31-10-5-4-8-26(31)14-18-33(42-24-36(19-20-36)23-34(39)41-3)28-9-6-7-25(21-28)11-16-30-17-13-27-12-15-29(37)22-32(27)38-30/h4-13,15-17,21-22,33,40H,14,18-20,23-24H2,1-3H3/b16-11+/t33-/m0/s1. The number of rotatable bonds is 12. The van der Waals surface area contributed by atoms with E-state index in [-0.39, 0.29) is 16.6 Å². The van der Waals surface area contributed by atoms with E-state index in [2.05, 4.69) is 42.5 Å². The van der Waals surface area contributed by atoms with Gasteiger partial charge >= 0.3 is 5.97 Å². The van der Waals surface area contributed by atoms with Gasteiger partial charge in [0.25, 0.3) is 0 Å². The fourth-order valence-electron chi connectivity index (χ4n) is 5.42. The number of carbonyl (C=O) groups excluding carboxylic acids is 1. The second-order valence-electron chi connectivity index (χ2n) is 11.9. The molecule has 1 N–H and O–H groups in total. The van der Waals surface area contributed by atoms with Gasteiger partial charge in [-0.3, -0.25) is 4.79 Å². The summed E-state index contributed by atoms with van der Waals surface area (Å²) in [6.45, 7) is 3.69. The molecule has 0 amide bonds. The Labute approximate surface area is 258 Å². The van der Waals surface area contributed by atoms with E-state index in [1.54, 1.807) is 0 Å². The zero-order valence-corrected chi connectivity index (χ0v) is 26.0. The first kappa shape index (κ1) is 30.3. The Balaban J connectivity index is 1.37. The van der Waals surface area contributed by atoms with Gasteiger partial charge in [-0.25, -0.2) is 4.98 Å². The third kappa shape index (κ3) is 7.83. The van der Waals surface area contributed by atoms with E-state index in [4.69, 9.17) is 21.3 Å². The SMILES string of the molecule is COC(=O)CC1(CS[C@@H](CCc2ccccc2C(C)(C)O)c2cccc(/C=C/c3ccc4ccc(Cl)cc4n3)c2)CC1. The molecule has 0 aliphatic heterocycles. The summed E-state index contributed by atoms with van der Waals surface area (Å²) in [4.78, 5) is 16.8. The number of nitrogens with zero attached hydrogens (tertiary/aromatic N) is 1. The smallest absolute Gasteiger partial charge is 0.306 e. The molecule has 0 unspecified atom stereocenters. The number of aliphatic hydroxyl groups is 1. The van der Waals surface area contributed by atoms with Crippen LogP contribution in [0.25, 0.3) is 23.1 Å². The minimum Gasteiger partial charge on any atom is -0.469 e. The van der Waals surface area contributed by atoms with E-state index < -0.39 is 5.60 Å². The molecule has 0 radical (unpaired) electrons. The summed E-state index contributed by atoms with van der Waals surface area (Å²) in [7, 11) is 1.47. The number of thioether (sulfide) groups is 1. The maximum Gasteiger partial charge on any atom is 0.306 e. The molecule has 1 heterocycles. The molecule has 1 fully saturated rings. The Morgan fingerprint density at radius 3 is 2.62 bits per heavy atom. The molecule has 0 saturated heterocycles. The van der Waals surface area contributed by atoms with Crippen LogP contribution in [-0.2, 0) is 21.6 Å². The minimum atomic E-state index is -0.898. The van der Waals surface area contributed by atoms with Crippen molar-refractivity contribution in [3.05, 3.63) is 112 Å². The van der Waals surface area contributed by atoms with Gasteiger partial charge in [0.15, 0.2) is 0 Å². The number of fused-ring (bicyclic) bond motifs is 1. The van der Waals surface area contributed by atoms with Crippen molar-refractivity contribution in [3.63, 3.8) is 0 Å². The number of carbonyl (C=O) groups is 1. The summed E-state index contributed by atoms with van der Waals surface area (Å²) in [6.07, 6.45) is 8.53. The van der Waals surface area contributed by atoms with Crippen LogP contribution in [0.5, 0.6) is 0 Å². The van der Waals surface area contributed by atoms with Crippen molar-refractivity contribution in [3.8, 4) is 0 Å². The molecule has 1 saturated carbocycles. The van der Waals surface area contributed by atoms with Gasteiger partial charge < -0.3 is 9.84 Å². The van der Waals surface area contributed by atoms with Crippen LogP contribution < -0.4 is 0 Å². The molecule has 1 aliphatic carbocycles. The summed E-state index contributed by atoms with van der Waals surface area (Å²) in [6, 6.07) is 26.7. The number of halogens is 1. The molecule has 3 aromatic carbocycles. The lowest BCUT2D eigenvalue weighted by Crippen LogP contribution is -2.18. The number of pyridine rings is 1. The van der Waals surface area contributed by atoms with Gasteiger partial charge in [0, 0.05) is 21.4 Å². The highest BCUT2D eigenvalue weighted by atomic mass is 35.5. The Kier molecular flexibility index (Phi) is 9.41. The van der Waals surface area contributed by atoms with E-state index >= 15 is 0 Å². The highest BCUT2D eigenvalue weighted by molar-refractivity contribution is 7.99. The molecular weight excluding hydrogens is 562 g/mol. The summed E-state index contributed by atoms with van der Waals surface area (Å²) >= 11 is 8.12. The third-order valence-corrected chi connectivity index (χ3v) is 9.98. The molecule has 1 atom stereocenters. The van der Waals surface area contributed by atoms with Crippen molar-refractivity contribution in [2.45, 2.75) is 56.8 Å². The van der Waals surface area contributed by atoms with Gasteiger partial charge in [0.1, 0.15) is 0 Å². The molecule has 218 valence electrons. The van der Waals surface area contributed by atoms with Gasteiger partial charge in [-0.05, 0) is 91.5 Å². The number of hydrogen-bond donors (Lipinski definition) is 1. The number of methoxy groups -OCH3 is 1. The van der Waals surface area contributed by atoms with Crippen LogP contribution in [0.4, 0.5) is 0 Å². The van der Waals surface area contributed by atoms with Crippen molar-refractivity contribution >= 4 is 52.4 Å². The maximum absolute atomic E-state index is 12.1. The van der Waals surface area contributed by atoms with Gasteiger partial charge in [0.2, 0.25) is 0 Å². The Morgan fingerprint density at radius 1 is 1.07 bits per heavy atom. The monoisotopic (exact) mass is 599 g/mol. The van der Waals surface area contributed by atoms with Crippen molar-refractivity contribution < 1.29 is 14.6 Å². The summed E-state index contributed by atoms with van der Waals surface area (Å²) < 4.78 is 4.99. The second kappa shape index (κ2) is 13.0. The van der Waals surface area contributed by atoms with Crippen LogP contribution in [0.2, 0.25) is 5.02 Å². The first-order valence-corrected chi connectivity index (χ1v) is 15.9. The average molecular weight is 600 g/mol. The fraction of sp³-hybridized carbons (Fsp3) is 0.333. The zero-order valence-electron chi connectivity index (χ0n) is 24.5. The molecule has 0 bridgehead atoms. The van der Waals surface area contributed by atoms with Crippen LogP contribution in [-0.4, -0.2) is 28.9 Å². The molecule has 0 spiro atoms. The van der Waals surface area contributed by atoms with Crippen molar-refractivity contribution in [2.75, 3.05) is 12.9 Å². The molecule has 1 aliphatic rings. The van der Waals surface area contributed by atoms with Crippen molar-refractivity contribution in [1.29, 1.82) is 0 Å². The normalized spacial score (nSPS) is 15.2. The lowest BCUT2D eigenvalue weighted by atomic mass is 9.90. The van der Waals surface area contributed by atoms with Crippen LogP contribution in [0, 0.1) is 5.41 Å². The van der Waals surface area contributed by atoms with E-state index in [0.29, 0.717) is 11.4 Å². The number of benzene rings is 3. The zero-order chi connectivity index (χ0) is 29.7. The first-order chi connectivity index (χ1) is 20.1. The van der Waals surface area contributed by atoms with Crippen molar-refractivity contribution in [1.82, 2.24) is 4.98 Å². The highest BCUT2D eigenvalue weighted by Crippen LogP contribution is 2.53. The maximum atomic E-state index is 12.1. The van der Waals surface area contributed by atoms with Gasteiger partial charge in [-0.1, -0.05) is 78.3 Å². The molecule has 5 rings (SSSR count). The predicted molar refractivity (Wildman–Crippen MR) is 176 cm³/mol. The van der Waals surface area contributed by atoms with E-state index in [9.17, 15) is 9.90 Å². The lowest BCUT2D eigenvalue weighted by Gasteiger charge is -2.24. The highest BCUT2D eigenvalue weighted by Gasteiger charge is 2.45. The van der Waals surface area contributed by atoms with E-state index in [1.165, 1.54) is 18.2 Å². The van der Waals surface area contributed by atoms with Gasteiger partial charge in [0.05, 0.1) is 30.3 Å². The quantitative estimate of drug-likeness (QED) is 0.165. The van der Waals surface area contributed by atoms with Crippen LogP contribution in [0.3, 0.4) is 0 Å². The Morgan fingerprint density at radius 2 is 1.86 bits per heavy atom. The summed E-state index contributed by atoms with van der Waals surface area (Å²) in [5, 5.41) is 12.7. The van der Waals surface area contributed by atoms with Gasteiger partial charge in [-0.15, -0.1) is 0 Å². The van der Waals surface area contributed by atoms with Crippen molar-refractivity contribution in [2.24, 2.45) is 5.41 Å². The van der Waals surface area contributed by atoms with Crippen LogP contribution in [0.15, 0.2) is 78.9 Å². The largest absolute Gasteiger partial charge is 0.469 e. The molecule has 4 aromatic rings. The van der Waals surface area contributed by atoms with E-state index in [1.807, 2.05) is 74.1 Å². The number of aromatic nitrogens is 1. The Bertz CT molecular complexity index is 1590. The molecule has 42 heavy (non-hydrogen) atoms. The van der Waals surface area contributed by atoms with Crippen LogP contribution >= 0.6 is 23.4 Å². The number of aryl methyl sites for hydroxylation is 1. The first-order valence-electron chi connectivity index (χ1n) is 14.5. The lowest BCUT2D eigenvalue weighted by molar-refractivity contribution is -0.141. The molecular formula is C36H38ClNO3S. The average Bonchev–Trinajstić information content (AvgIpc) is 3.74. The topological polar surface area (TPSA) is 59.4 Å². The molecule has 6 heteroatoms. The number of hydrogen-bond acceptors (Lipinski definition) is 5. The summed E-state index contributed by atoms with van der Waals surface area (Å²) in [5.41, 5.74) is 5.41. The van der Waals surface area contributed by atoms with Gasteiger partial charge in [-0.2, -0.15) is 11.8 Å². The molecule has 4 nitrogen and oxygen atoms in total.